The molecule has 1 unspecified atom stereocenters. The average Bonchev–Trinajstić information content (AvgIpc) is 3.08. The van der Waals surface area contributed by atoms with Crippen LogP contribution in [0.3, 0.4) is 0 Å². The SMILES string of the molecule is CC(c1ccc2ccccc2n1)N1CCN([C@@H](C)c2ccccc2)C1=O. The second-order valence-electron chi connectivity index (χ2n) is 6.86. The van der Waals surface area contributed by atoms with E-state index in [9.17, 15) is 4.79 Å². The number of aromatic nitrogens is 1. The second kappa shape index (κ2) is 6.79. The van der Waals surface area contributed by atoms with Crippen molar-refractivity contribution in [2.75, 3.05) is 13.1 Å². The van der Waals surface area contributed by atoms with E-state index in [1.165, 1.54) is 5.56 Å². The zero-order valence-corrected chi connectivity index (χ0v) is 15.2. The first-order chi connectivity index (χ1) is 12.6. The molecule has 0 aliphatic carbocycles. The molecule has 0 bridgehead atoms. The zero-order valence-electron chi connectivity index (χ0n) is 15.2. The Morgan fingerprint density at radius 3 is 2.23 bits per heavy atom. The van der Waals surface area contributed by atoms with Gasteiger partial charge >= 0.3 is 6.03 Å². The summed E-state index contributed by atoms with van der Waals surface area (Å²) in [5.41, 5.74) is 3.07. The highest BCUT2D eigenvalue weighted by Gasteiger charge is 2.35. The third-order valence-electron chi connectivity index (χ3n) is 5.34. The maximum atomic E-state index is 13.0. The average molecular weight is 345 g/mol. The van der Waals surface area contributed by atoms with E-state index < -0.39 is 0 Å². The van der Waals surface area contributed by atoms with Crippen LogP contribution < -0.4 is 0 Å². The van der Waals surface area contributed by atoms with Gasteiger partial charge in [-0.2, -0.15) is 0 Å². The molecule has 0 saturated carbocycles. The molecule has 2 heterocycles. The number of amides is 2. The van der Waals surface area contributed by atoms with Crippen molar-refractivity contribution in [3.63, 3.8) is 0 Å². The van der Waals surface area contributed by atoms with Crippen LogP contribution in [0.1, 0.15) is 37.2 Å². The van der Waals surface area contributed by atoms with E-state index in [0.29, 0.717) is 0 Å². The van der Waals surface area contributed by atoms with Crippen LogP contribution in [-0.4, -0.2) is 33.9 Å². The number of carbonyl (C=O) groups is 1. The number of benzene rings is 2. The first-order valence-corrected chi connectivity index (χ1v) is 9.13. The molecule has 1 saturated heterocycles. The van der Waals surface area contributed by atoms with Crippen molar-refractivity contribution in [2.45, 2.75) is 25.9 Å². The molecule has 0 radical (unpaired) electrons. The van der Waals surface area contributed by atoms with Crippen LogP contribution in [0.2, 0.25) is 0 Å². The van der Waals surface area contributed by atoms with E-state index in [0.717, 1.165) is 29.7 Å². The number of fused-ring (bicyclic) bond motifs is 1. The van der Waals surface area contributed by atoms with Crippen LogP contribution in [0.4, 0.5) is 4.79 Å². The molecule has 4 heteroatoms. The van der Waals surface area contributed by atoms with E-state index in [2.05, 4.69) is 38.1 Å². The van der Waals surface area contributed by atoms with Gasteiger partial charge in [0, 0.05) is 18.5 Å². The smallest absolute Gasteiger partial charge is 0.316 e. The molecule has 0 N–H and O–H groups in total. The van der Waals surface area contributed by atoms with Crippen LogP contribution in [-0.2, 0) is 0 Å². The first-order valence-electron chi connectivity index (χ1n) is 9.13. The molecule has 1 aliphatic heterocycles. The molecule has 4 rings (SSSR count). The summed E-state index contributed by atoms with van der Waals surface area (Å²) < 4.78 is 0. The minimum absolute atomic E-state index is 0.0416. The number of nitrogens with zero attached hydrogens (tertiary/aromatic N) is 3. The molecular formula is C22H23N3O. The fourth-order valence-electron chi connectivity index (χ4n) is 3.68. The summed E-state index contributed by atoms with van der Waals surface area (Å²) in [6, 6.07) is 22.5. The Morgan fingerprint density at radius 2 is 1.46 bits per heavy atom. The van der Waals surface area contributed by atoms with Gasteiger partial charge in [0.05, 0.1) is 23.3 Å². The Hall–Kier alpha value is -2.88. The van der Waals surface area contributed by atoms with E-state index in [-0.39, 0.29) is 18.1 Å². The van der Waals surface area contributed by atoms with Crippen molar-refractivity contribution >= 4 is 16.9 Å². The lowest BCUT2D eigenvalue weighted by atomic mass is 10.1. The normalized spacial score (nSPS) is 16.9. The lowest BCUT2D eigenvalue weighted by molar-refractivity contribution is 0.169. The molecule has 1 aliphatic rings. The summed E-state index contributed by atoms with van der Waals surface area (Å²) in [7, 11) is 0. The largest absolute Gasteiger partial charge is 0.321 e. The van der Waals surface area contributed by atoms with Crippen molar-refractivity contribution in [3.05, 3.63) is 78.0 Å². The molecular weight excluding hydrogens is 322 g/mol. The molecule has 132 valence electrons. The van der Waals surface area contributed by atoms with Gasteiger partial charge in [0.1, 0.15) is 0 Å². The van der Waals surface area contributed by atoms with Gasteiger partial charge in [-0.25, -0.2) is 4.79 Å². The van der Waals surface area contributed by atoms with Crippen molar-refractivity contribution < 1.29 is 4.79 Å². The molecule has 2 atom stereocenters. The highest BCUT2D eigenvalue weighted by Crippen LogP contribution is 2.30. The van der Waals surface area contributed by atoms with E-state index in [1.54, 1.807) is 0 Å². The van der Waals surface area contributed by atoms with Gasteiger partial charge < -0.3 is 9.80 Å². The first kappa shape index (κ1) is 16.6. The minimum atomic E-state index is -0.0416. The van der Waals surface area contributed by atoms with Crippen molar-refractivity contribution in [1.82, 2.24) is 14.8 Å². The highest BCUT2D eigenvalue weighted by atomic mass is 16.2. The van der Waals surface area contributed by atoms with E-state index >= 15 is 0 Å². The standard InChI is InChI=1S/C22H23N3O/c1-16(18-8-4-3-5-9-18)24-14-15-25(22(24)26)17(2)20-13-12-19-10-6-7-11-21(19)23-20/h3-13,16-17H,14-15H2,1-2H3/t16-,17?/m0/s1. The topological polar surface area (TPSA) is 36.4 Å². The maximum Gasteiger partial charge on any atom is 0.321 e. The van der Waals surface area contributed by atoms with Crippen molar-refractivity contribution in [1.29, 1.82) is 0 Å². The molecule has 1 aromatic heterocycles. The van der Waals surface area contributed by atoms with Crippen molar-refractivity contribution in [2.24, 2.45) is 0 Å². The van der Waals surface area contributed by atoms with Gasteiger partial charge in [-0.15, -0.1) is 0 Å². The molecule has 1 fully saturated rings. The fourth-order valence-corrected chi connectivity index (χ4v) is 3.68. The van der Waals surface area contributed by atoms with Gasteiger partial charge in [-0.1, -0.05) is 54.6 Å². The van der Waals surface area contributed by atoms with E-state index in [4.69, 9.17) is 4.98 Å². The maximum absolute atomic E-state index is 13.0. The predicted molar refractivity (Wildman–Crippen MR) is 104 cm³/mol. The third-order valence-corrected chi connectivity index (χ3v) is 5.34. The quantitative estimate of drug-likeness (QED) is 0.681. The van der Waals surface area contributed by atoms with Gasteiger partial charge in [0.25, 0.3) is 0 Å². The molecule has 26 heavy (non-hydrogen) atoms. The lowest BCUT2D eigenvalue weighted by Gasteiger charge is -2.28. The number of pyridine rings is 1. The number of para-hydroxylation sites is 1. The van der Waals surface area contributed by atoms with E-state index in [1.807, 2.05) is 52.3 Å². The monoisotopic (exact) mass is 345 g/mol. The summed E-state index contributed by atoms with van der Waals surface area (Å²) in [4.78, 5) is 21.7. The summed E-state index contributed by atoms with van der Waals surface area (Å²) in [5, 5.41) is 1.12. The highest BCUT2D eigenvalue weighted by molar-refractivity contribution is 5.79. The lowest BCUT2D eigenvalue weighted by Crippen LogP contribution is -2.35. The van der Waals surface area contributed by atoms with Gasteiger partial charge in [0.15, 0.2) is 0 Å². The summed E-state index contributed by atoms with van der Waals surface area (Å²) in [5.74, 6) is 0. The molecule has 3 aromatic rings. The molecule has 4 nitrogen and oxygen atoms in total. The Labute approximate surface area is 154 Å². The number of carbonyl (C=O) groups excluding carboxylic acids is 1. The van der Waals surface area contributed by atoms with Crippen LogP contribution in [0.25, 0.3) is 10.9 Å². The summed E-state index contributed by atoms with van der Waals surface area (Å²) in [6.45, 7) is 5.62. The second-order valence-corrected chi connectivity index (χ2v) is 6.86. The number of rotatable bonds is 4. The van der Waals surface area contributed by atoms with Crippen LogP contribution in [0.5, 0.6) is 0 Å². The van der Waals surface area contributed by atoms with Crippen LogP contribution in [0.15, 0.2) is 66.7 Å². The Kier molecular flexibility index (Phi) is 4.33. The van der Waals surface area contributed by atoms with Crippen LogP contribution in [0, 0.1) is 0 Å². The molecule has 2 aromatic carbocycles. The van der Waals surface area contributed by atoms with Gasteiger partial charge in [-0.05, 0) is 31.5 Å². The molecule has 2 amide bonds. The Bertz CT molecular complexity index is 925. The number of urea groups is 1. The minimum Gasteiger partial charge on any atom is -0.316 e. The zero-order chi connectivity index (χ0) is 18.1. The molecule has 0 spiro atoms. The summed E-state index contributed by atoms with van der Waals surface area (Å²) >= 11 is 0. The Morgan fingerprint density at radius 1 is 0.808 bits per heavy atom. The van der Waals surface area contributed by atoms with Crippen LogP contribution >= 0.6 is 0 Å². The Balaban J connectivity index is 1.55. The number of hydrogen-bond acceptors (Lipinski definition) is 2. The predicted octanol–water partition coefficient (Wildman–Crippen LogP) is 4.79. The van der Waals surface area contributed by atoms with Gasteiger partial charge in [-0.3, -0.25) is 4.98 Å². The number of hydrogen-bond donors (Lipinski definition) is 0. The van der Waals surface area contributed by atoms with Gasteiger partial charge in [0.2, 0.25) is 0 Å². The third kappa shape index (κ3) is 2.92. The fraction of sp³-hybridized carbons (Fsp3) is 0.273. The van der Waals surface area contributed by atoms with Crippen molar-refractivity contribution in [3.8, 4) is 0 Å². The summed E-state index contributed by atoms with van der Waals surface area (Å²) in [6.07, 6.45) is 0.